The number of nitrogen functional groups attached to an aromatic ring is 1. The van der Waals surface area contributed by atoms with Crippen LogP contribution < -0.4 is 10.5 Å². The van der Waals surface area contributed by atoms with Gasteiger partial charge in [-0.1, -0.05) is 6.92 Å². The quantitative estimate of drug-likeness (QED) is 0.891. The van der Waals surface area contributed by atoms with E-state index < -0.39 is 0 Å². The van der Waals surface area contributed by atoms with Gasteiger partial charge in [0.2, 0.25) is 11.8 Å². The van der Waals surface area contributed by atoms with Crippen LogP contribution >= 0.6 is 0 Å². The monoisotopic (exact) mass is 247 g/mol. The van der Waals surface area contributed by atoms with Crippen molar-refractivity contribution in [2.45, 2.75) is 26.7 Å². The first-order chi connectivity index (χ1) is 8.58. The Morgan fingerprint density at radius 3 is 2.72 bits per heavy atom. The number of ether oxygens (including phenoxy) is 1. The minimum absolute atomic E-state index is 0.419. The zero-order valence-electron chi connectivity index (χ0n) is 10.8. The minimum Gasteiger partial charge on any atom is -0.421 e. The van der Waals surface area contributed by atoms with Crippen LogP contribution in [-0.4, -0.2) is 19.7 Å². The molecule has 96 valence electrons. The van der Waals surface area contributed by atoms with E-state index in [0.717, 1.165) is 18.5 Å². The van der Waals surface area contributed by atoms with Gasteiger partial charge in [-0.15, -0.1) is 0 Å². The van der Waals surface area contributed by atoms with Crippen molar-refractivity contribution in [3.8, 4) is 11.8 Å². The molecule has 2 aromatic heterocycles. The number of hydrogen-bond donors (Lipinski definition) is 1. The third-order valence-corrected chi connectivity index (χ3v) is 2.41. The molecule has 2 N–H and O–H groups in total. The van der Waals surface area contributed by atoms with Crippen LogP contribution in [0.15, 0.2) is 12.1 Å². The highest BCUT2D eigenvalue weighted by atomic mass is 16.5. The molecule has 0 unspecified atom stereocenters. The summed E-state index contributed by atoms with van der Waals surface area (Å²) in [7, 11) is 1.82. The van der Waals surface area contributed by atoms with Gasteiger partial charge in [0, 0.05) is 25.6 Å². The van der Waals surface area contributed by atoms with Crippen LogP contribution in [0.3, 0.4) is 0 Å². The molecular weight excluding hydrogens is 230 g/mol. The first-order valence-electron chi connectivity index (χ1n) is 5.90. The Morgan fingerprint density at radius 2 is 2.11 bits per heavy atom. The highest BCUT2D eigenvalue weighted by Gasteiger charge is 2.08. The standard InChI is InChI=1S/C12H17N5O/c1-4-5-10-14-9(13)7-11(15-10)18-12-6-8(2)16-17(12)3/h6-7H,4-5H2,1-3H3,(H2,13,14,15). The van der Waals surface area contributed by atoms with Gasteiger partial charge in [-0.05, 0) is 13.3 Å². The van der Waals surface area contributed by atoms with E-state index in [9.17, 15) is 0 Å². The van der Waals surface area contributed by atoms with Gasteiger partial charge in [-0.2, -0.15) is 10.1 Å². The number of aryl methyl sites for hydroxylation is 3. The zero-order chi connectivity index (χ0) is 13.1. The third-order valence-electron chi connectivity index (χ3n) is 2.41. The molecule has 0 aliphatic heterocycles. The van der Waals surface area contributed by atoms with Gasteiger partial charge < -0.3 is 10.5 Å². The molecule has 2 aromatic rings. The molecule has 0 saturated heterocycles. The minimum atomic E-state index is 0.419. The van der Waals surface area contributed by atoms with Gasteiger partial charge >= 0.3 is 0 Å². The van der Waals surface area contributed by atoms with E-state index in [1.54, 1.807) is 10.7 Å². The normalized spacial score (nSPS) is 10.6. The Morgan fingerprint density at radius 1 is 1.33 bits per heavy atom. The summed E-state index contributed by atoms with van der Waals surface area (Å²) in [6, 6.07) is 3.46. The van der Waals surface area contributed by atoms with Crippen LogP contribution in [0.4, 0.5) is 5.82 Å². The second-order valence-electron chi connectivity index (χ2n) is 4.15. The van der Waals surface area contributed by atoms with Crippen molar-refractivity contribution in [2.24, 2.45) is 7.05 Å². The van der Waals surface area contributed by atoms with Crippen LogP contribution in [0.2, 0.25) is 0 Å². The number of rotatable bonds is 4. The summed E-state index contributed by atoms with van der Waals surface area (Å²) in [6.07, 6.45) is 1.75. The van der Waals surface area contributed by atoms with Gasteiger partial charge in [0.05, 0.1) is 5.69 Å². The average Bonchev–Trinajstić information content (AvgIpc) is 2.57. The predicted octanol–water partition coefficient (Wildman–Crippen LogP) is 1.85. The molecule has 2 heterocycles. The van der Waals surface area contributed by atoms with E-state index in [4.69, 9.17) is 10.5 Å². The van der Waals surface area contributed by atoms with Crippen LogP contribution in [0.5, 0.6) is 11.8 Å². The van der Waals surface area contributed by atoms with Crippen molar-refractivity contribution in [1.82, 2.24) is 19.7 Å². The maximum Gasteiger partial charge on any atom is 0.226 e. The largest absolute Gasteiger partial charge is 0.421 e. The highest BCUT2D eigenvalue weighted by molar-refractivity contribution is 5.34. The van der Waals surface area contributed by atoms with Gasteiger partial charge in [-0.25, -0.2) is 9.67 Å². The van der Waals surface area contributed by atoms with E-state index in [-0.39, 0.29) is 0 Å². The molecular formula is C12H17N5O. The summed E-state index contributed by atoms with van der Waals surface area (Å²) < 4.78 is 7.33. The lowest BCUT2D eigenvalue weighted by Crippen LogP contribution is -2.02. The molecule has 0 aromatic carbocycles. The Labute approximate surface area is 106 Å². The number of nitrogens with zero attached hydrogens (tertiary/aromatic N) is 4. The van der Waals surface area contributed by atoms with Crippen molar-refractivity contribution in [2.75, 3.05) is 5.73 Å². The first kappa shape index (κ1) is 12.3. The molecule has 18 heavy (non-hydrogen) atoms. The van der Waals surface area contributed by atoms with Crippen LogP contribution in [0, 0.1) is 6.92 Å². The lowest BCUT2D eigenvalue weighted by molar-refractivity contribution is 0.413. The number of hydrogen-bond acceptors (Lipinski definition) is 5. The van der Waals surface area contributed by atoms with E-state index in [1.165, 1.54) is 0 Å². The van der Waals surface area contributed by atoms with Crippen molar-refractivity contribution in [1.29, 1.82) is 0 Å². The van der Waals surface area contributed by atoms with Crippen molar-refractivity contribution >= 4 is 5.82 Å². The van der Waals surface area contributed by atoms with Gasteiger partial charge in [0.15, 0.2) is 0 Å². The van der Waals surface area contributed by atoms with Crippen molar-refractivity contribution in [3.63, 3.8) is 0 Å². The summed E-state index contributed by atoms with van der Waals surface area (Å²) >= 11 is 0. The average molecular weight is 247 g/mol. The Balaban J connectivity index is 2.25. The van der Waals surface area contributed by atoms with Gasteiger partial charge in [0.1, 0.15) is 11.6 Å². The first-order valence-corrected chi connectivity index (χ1v) is 5.90. The molecule has 0 amide bonds. The van der Waals surface area contributed by atoms with Gasteiger partial charge in [0.25, 0.3) is 0 Å². The molecule has 0 saturated carbocycles. The predicted molar refractivity (Wildman–Crippen MR) is 68.5 cm³/mol. The molecule has 6 nitrogen and oxygen atoms in total. The Hall–Kier alpha value is -2.11. The maximum atomic E-state index is 5.73. The van der Waals surface area contributed by atoms with Crippen molar-refractivity contribution in [3.05, 3.63) is 23.7 Å². The maximum absolute atomic E-state index is 5.73. The lowest BCUT2D eigenvalue weighted by Gasteiger charge is -2.06. The SMILES string of the molecule is CCCc1nc(N)cc(Oc2cc(C)nn2C)n1. The second kappa shape index (κ2) is 5.03. The summed E-state index contributed by atoms with van der Waals surface area (Å²) in [4.78, 5) is 8.47. The zero-order valence-corrected chi connectivity index (χ0v) is 10.8. The van der Waals surface area contributed by atoms with E-state index in [0.29, 0.717) is 23.4 Å². The second-order valence-corrected chi connectivity index (χ2v) is 4.15. The fourth-order valence-electron chi connectivity index (χ4n) is 1.67. The molecule has 0 fully saturated rings. The molecule has 0 bridgehead atoms. The molecule has 6 heteroatoms. The fourth-order valence-corrected chi connectivity index (χ4v) is 1.67. The highest BCUT2D eigenvalue weighted by Crippen LogP contribution is 2.21. The van der Waals surface area contributed by atoms with Crippen molar-refractivity contribution < 1.29 is 4.74 Å². The third kappa shape index (κ3) is 2.77. The summed E-state index contributed by atoms with van der Waals surface area (Å²) in [5.74, 6) is 2.20. The van der Waals surface area contributed by atoms with E-state index in [1.807, 2.05) is 20.0 Å². The molecule has 2 rings (SSSR count). The van der Waals surface area contributed by atoms with Crippen LogP contribution in [0.25, 0.3) is 0 Å². The number of aromatic nitrogens is 4. The smallest absolute Gasteiger partial charge is 0.226 e. The van der Waals surface area contributed by atoms with E-state index in [2.05, 4.69) is 22.0 Å². The Bertz CT molecular complexity index is 549. The van der Waals surface area contributed by atoms with Crippen LogP contribution in [-0.2, 0) is 13.5 Å². The molecule has 0 aliphatic carbocycles. The summed E-state index contributed by atoms with van der Waals surface area (Å²) in [5, 5.41) is 4.21. The molecule has 0 aliphatic rings. The van der Waals surface area contributed by atoms with Gasteiger partial charge in [-0.3, -0.25) is 0 Å². The Kier molecular flexibility index (Phi) is 3.45. The number of anilines is 1. The lowest BCUT2D eigenvalue weighted by atomic mass is 10.3. The number of nitrogens with two attached hydrogens (primary N) is 1. The molecule has 0 radical (unpaired) electrons. The summed E-state index contributed by atoms with van der Waals surface area (Å²) in [5.41, 5.74) is 6.63. The van der Waals surface area contributed by atoms with Crippen LogP contribution in [0.1, 0.15) is 24.9 Å². The summed E-state index contributed by atoms with van der Waals surface area (Å²) in [6.45, 7) is 3.97. The topological polar surface area (TPSA) is 78.9 Å². The fraction of sp³-hybridized carbons (Fsp3) is 0.417. The molecule has 0 atom stereocenters. The van der Waals surface area contributed by atoms with E-state index >= 15 is 0 Å². The molecule has 0 spiro atoms.